The number of rotatable bonds is 6. The maximum Gasteiger partial charge on any atom is 0.410 e. The summed E-state index contributed by atoms with van der Waals surface area (Å²) >= 11 is 1.20. The summed E-state index contributed by atoms with van der Waals surface area (Å²) in [6.07, 6.45) is 0.946. The van der Waals surface area contributed by atoms with Crippen molar-refractivity contribution < 1.29 is 22.1 Å². The van der Waals surface area contributed by atoms with Crippen LogP contribution in [0.1, 0.15) is 34.9 Å². The fourth-order valence-electron chi connectivity index (χ4n) is 4.00. The van der Waals surface area contributed by atoms with E-state index in [1.807, 2.05) is 37.3 Å². The van der Waals surface area contributed by atoms with Gasteiger partial charge >= 0.3 is 16.2 Å². The molecular weight excluding hydrogens is 516 g/mol. The number of hydrogen-bond acceptors (Lipinski definition) is 9. The molecule has 1 aliphatic rings. The first-order valence-corrected chi connectivity index (χ1v) is 13.9. The van der Waals surface area contributed by atoms with Crippen LogP contribution in [0, 0.1) is 6.92 Å². The van der Waals surface area contributed by atoms with Gasteiger partial charge in [-0.15, -0.1) is 0 Å². The van der Waals surface area contributed by atoms with Crippen LogP contribution in [0.4, 0.5) is 4.79 Å². The molecule has 0 bridgehead atoms. The van der Waals surface area contributed by atoms with E-state index >= 15 is 0 Å². The Balaban J connectivity index is 1.24. The Kier molecular flexibility index (Phi) is 6.94. The Morgan fingerprint density at radius 3 is 2.49 bits per heavy atom. The predicted molar refractivity (Wildman–Crippen MR) is 136 cm³/mol. The Morgan fingerprint density at radius 1 is 1.08 bits per heavy atom. The zero-order valence-corrected chi connectivity index (χ0v) is 21.6. The standard InChI is InChI=1S/C25H24N4O6S2/c1-17-7-9-20(10-8-17)37(32,33)35-21-15-22(30)29-24(26-21)36-23(27-29)19-11-13-28(14-12-19)25(31)34-16-18-5-3-2-4-6-18/h2-10,15,19H,11-14,16H2,1H3. The summed E-state index contributed by atoms with van der Waals surface area (Å²) in [6.45, 7) is 3.06. The Morgan fingerprint density at radius 2 is 1.78 bits per heavy atom. The first-order chi connectivity index (χ1) is 17.8. The quantitative estimate of drug-likeness (QED) is 0.339. The minimum absolute atomic E-state index is 0.0286. The number of nitrogens with zero attached hydrogens (tertiary/aromatic N) is 4. The van der Waals surface area contributed by atoms with E-state index < -0.39 is 15.7 Å². The summed E-state index contributed by atoms with van der Waals surface area (Å²) in [5.74, 6) is -0.276. The molecule has 1 amide bonds. The van der Waals surface area contributed by atoms with Gasteiger partial charge in [-0.3, -0.25) is 4.79 Å². The van der Waals surface area contributed by atoms with Gasteiger partial charge in [-0.25, -0.2) is 4.79 Å². The topological polar surface area (TPSA) is 120 Å². The molecule has 5 rings (SSSR count). The third kappa shape index (κ3) is 5.65. The number of piperidine rings is 1. The molecule has 192 valence electrons. The molecule has 2 aromatic heterocycles. The summed E-state index contributed by atoms with van der Waals surface area (Å²) < 4.78 is 36.9. The zero-order chi connectivity index (χ0) is 26.0. The molecule has 2 aromatic carbocycles. The molecule has 0 aliphatic carbocycles. The molecule has 4 aromatic rings. The fraction of sp³-hybridized carbons (Fsp3) is 0.280. The summed E-state index contributed by atoms with van der Waals surface area (Å²) in [5, 5.41) is 5.10. The van der Waals surface area contributed by atoms with Gasteiger partial charge in [0.05, 0.1) is 6.07 Å². The first kappa shape index (κ1) is 24.9. The number of likely N-dealkylation sites (tertiary alicyclic amines) is 1. The number of hydrogen-bond donors (Lipinski definition) is 0. The molecule has 0 spiro atoms. The zero-order valence-electron chi connectivity index (χ0n) is 19.9. The highest BCUT2D eigenvalue weighted by molar-refractivity contribution is 7.87. The number of amides is 1. The van der Waals surface area contributed by atoms with Crippen LogP contribution < -0.4 is 9.74 Å². The predicted octanol–water partition coefficient (Wildman–Crippen LogP) is 3.74. The Bertz CT molecular complexity index is 1580. The SMILES string of the molecule is Cc1ccc(S(=O)(=O)Oc2cc(=O)n3nc(C4CCN(C(=O)OCc5ccccc5)CC4)sc3n2)cc1. The second-order valence-electron chi connectivity index (χ2n) is 8.72. The van der Waals surface area contributed by atoms with Gasteiger partial charge in [-0.05, 0) is 37.5 Å². The van der Waals surface area contributed by atoms with E-state index in [9.17, 15) is 18.0 Å². The third-order valence-corrected chi connectivity index (χ3v) is 8.36. The normalized spacial score (nSPS) is 14.6. The van der Waals surface area contributed by atoms with Crippen LogP contribution in [0.5, 0.6) is 5.88 Å². The number of aromatic nitrogens is 3. The smallest absolute Gasteiger partial charge is 0.410 e. The lowest BCUT2D eigenvalue weighted by atomic mass is 9.98. The van der Waals surface area contributed by atoms with E-state index in [2.05, 4.69) is 10.1 Å². The lowest BCUT2D eigenvalue weighted by molar-refractivity contribution is 0.0870. The van der Waals surface area contributed by atoms with Gasteiger partial charge in [0.15, 0.2) is 0 Å². The van der Waals surface area contributed by atoms with E-state index in [1.54, 1.807) is 17.0 Å². The summed E-state index contributed by atoms with van der Waals surface area (Å²) in [7, 11) is -4.14. The summed E-state index contributed by atoms with van der Waals surface area (Å²) in [5.41, 5.74) is 1.29. The highest BCUT2D eigenvalue weighted by atomic mass is 32.2. The Labute approximate surface area is 217 Å². The van der Waals surface area contributed by atoms with Crippen molar-refractivity contribution in [2.45, 2.75) is 37.2 Å². The van der Waals surface area contributed by atoms with Gasteiger partial charge < -0.3 is 13.8 Å². The maximum atomic E-state index is 12.6. The van der Waals surface area contributed by atoms with Gasteiger partial charge in [0, 0.05) is 19.0 Å². The van der Waals surface area contributed by atoms with Crippen molar-refractivity contribution in [2.24, 2.45) is 0 Å². The number of fused-ring (bicyclic) bond motifs is 1. The van der Waals surface area contributed by atoms with E-state index in [4.69, 9.17) is 8.92 Å². The van der Waals surface area contributed by atoms with Crippen molar-refractivity contribution in [2.75, 3.05) is 13.1 Å². The second-order valence-corrected chi connectivity index (χ2v) is 11.3. The van der Waals surface area contributed by atoms with E-state index in [-0.39, 0.29) is 34.4 Å². The molecule has 1 saturated heterocycles. The van der Waals surface area contributed by atoms with Gasteiger partial charge in [0.25, 0.3) is 5.56 Å². The largest absolute Gasteiger partial charge is 0.445 e. The lowest BCUT2D eigenvalue weighted by Gasteiger charge is -2.30. The van der Waals surface area contributed by atoms with Crippen molar-refractivity contribution >= 4 is 32.5 Å². The summed E-state index contributed by atoms with van der Waals surface area (Å²) in [6, 6.07) is 16.7. The van der Waals surface area contributed by atoms with Gasteiger partial charge in [0.2, 0.25) is 10.8 Å². The molecule has 0 N–H and O–H groups in total. The van der Waals surface area contributed by atoms with Crippen molar-refractivity contribution in [3.63, 3.8) is 0 Å². The number of aryl methyl sites for hydroxylation is 1. The van der Waals surface area contributed by atoms with Crippen LogP contribution in [0.2, 0.25) is 0 Å². The molecule has 1 aliphatic heterocycles. The monoisotopic (exact) mass is 540 g/mol. The molecule has 12 heteroatoms. The van der Waals surface area contributed by atoms with Crippen LogP contribution in [-0.4, -0.2) is 47.1 Å². The molecular formula is C25H24N4O6S2. The molecule has 0 unspecified atom stereocenters. The van der Waals surface area contributed by atoms with Crippen LogP contribution >= 0.6 is 11.3 Å². The Hall–Kier alpha value is -3.77. The lowest BCUT2D eigenvalue weighted by Crippen LogP contribution is -2.38. The van der Waals surface area contributed by atoms with Crippen molar-refractivity contribution in [3.8, 4) is 5.88 Å². The molecule has 0 saturated carbocycles. The third-order valence-electron chi connectivity index (χ3n) is 6.05. The van der Waals surface area contributed by atoms with Gasteiger partial charge in [0.1, 0.15) is 16.5 Å². The van der Waals surface area contributed by atoms with E-state index in [0.717, 1.165) is 21.7 Å². The number of carbonyl (C=O) groups is 1. The van der Waals surface area contributed by atoms with Crippen molar-refractivity contribution in [1.82, 2.24) is 19.5 Å². The average molecular weight is 541 g/mol. The summed E-state index contributed by atoms with van der Waals surface area (Å²) in [4.78, 5) is 31.1. The van der Waals surface area contributed by atoms with Crippen LogP contribution in [0.15, 0.2) is 70.4 Å². The molecule has 0 atom stereocenters. The highest BCUT2D eigenvalue weighted by Gasteiger charge is 2.28. The van der Waals surface area contributed by atoms with E-state index in [1.165, 1.54) is 23.5 Å². The molecule has 37 heavy (non-hydrogen) atoms. The van der Waals surface area contributed by atoms with Gasteiger partial charge in [-0.2, -0.15) is 23.0 Å². The number of ether oxygens (including phenoxy) is 1. The highest BCUT2D eigenvalue weighted by Crippen LogP contribution is 2.31. The van der Waals surface area contributed by atoms with Gasteiger partial charge in [-0.1, -0.05) is 59.4 Å². The minimum Gasteiger partial charge on any atom is -0.445 e. The van der Waals surface area contributed by atoms with Crippen molar-refractivity contribution in [3.05, 3.63) is 87.2 Å². The molecule has 10 nitrogen and oxygen atoms in total. The average Bonchev–Trinajstić information content (AvgIpc) is 3.33. The maximum absolute atomic E-state index is 12.6. The van der Waals surface area contributed by atoms with Crippen LogP contribution in [0.3, 0.4) is 0 Å². The molecule has 1 fully saturated rings. The van der Waals surface area contributed by atoms with Crippen LogP contribution in [0.25, 0.3) is 4.96 Å². The fourth-order valence-corrected chi connectivity index (χ4v) is 5.94. The van der Waals surface area contributed by atoms with E-state index in [0.29, 0.717) is 30.9 Å². The number of carbonyl (C=O) groups excluding carboxylic acids is 1. The first-order valence-electron chi connectivity index (χ1n) is 11.7. The second kappa shape index (κ2) is 10.3. The number of benzene rings is 2. The van der Waals surface area contributed by atoms with Crippen molar-refractivity contribution in [1.29, 1.82) is 0 Å². The molecule has 3 heterocycles. The minimum atomic E-state index is -4.14. The molecule has 0 radical (unpaired) electrons. The van der Waals surface area contributed by atoms with Crippen LogP contribution in [-0.2, 0) is 21.5 Å².